The lowest BCUT2D eigenvalue weighted by Gasteiger charge is -2.31. The maximum absolute atomic E-state index is 12.3. The third-order valence-electron chi connectivity index (χ3n) is 5.11. The minimum Gasteiger partial charge on any atom is -0.484 e. The number of amides is 1. The molecule has 3 rings (SSSR count). The summed E-state index contributed by atoms with van der Waals surface area (Å²) in [6, 6.07) is 6.17. The Morgan fingerprint density at radius 2 is 1.90 bits per heavy atom. The minimum atomic E-state index is -4.40. The molecule has 1 aliphatic heterocycles. The van der Waals surface area contributed by atoms with Gasteiger partial charge in [-0.05, 0) is 50.0 Å². The maximum atomic E-state index is 12.3. The second kappa shape index (κ2) is 9.31. The van der Waals surface area contributed by atoms with Crippen LogP contribution in [0.3, 0.4) is 0 Å². The van der Waals surface area contributed by atoms with E-state index in [9.17, 15) is 18.0 Å². The van der Waals surface area contributed by atoms with E-state index >= 15 is 0 Å². The summed E-state index contributed by atoms with van der Waals surface area (Å²) >= 11 is 0. The number of likely N-dealkylation sites (tertiary alicyclic amines) is 1. The molecule has 1 saturated heterocycles. The lowest BCUT2D eigenvalue weighted by atomic mass is 10.0. The van der Waals surface area contributed by atoms with Gasteiger partial charge in [0.05, 0.1) is 11.7 Å². The van der Waals surface area contributed by atoms with E-state index in [-0.39, 0.29) is 24.2 Å². The van der Waals surface area contributed by atoms with E-state index in [4.69, 9.17) is 16.2 Å². The fraction of sp³-hybridized carbons (Fsp3) is 0.429. The van der Waals surface area contributed by atoms with Crippen LogP contribution in [-0.2, 0) is 11.3 Å². The molecule has 4 N–H and O–H groups in total. The summed E-state index contributed by atoms with van der Waals surface area (Å²) < 4.78 is 43.4. The van der Waals surface area contributed by atoms with Crippen molar-refractivity contribution in [2.75, 3.05) is 25.4 Å². The summed E-state index contributed by atoms with van der Waals surface area (Å²) in [5.74, 6) is 5.53. The number of nitrogen functional groups attached to an aromatic ring is 1. The number of hydrogen-bond acceptors (Lipinski definition) is 5. The van der Waals surface area contributed by atoms with Gasteiger partial charge < -0.3 is 21.1 Å². The quantitative estimate of drug-likeness (QED) is 0.704. The van der Waals surface area contributed by atoms with Gasteiger partial charge >= 0.3 is 6.18 Å². The number of carbonyl (C=O) groups is 1. The van der Waals surface area contributed by atoms with Gasteiger partial charge in [0, 0.05) is 30.8 Å². The molecule has 1 fully saturated rings. The van der Waals surface area contributed by atoms with E-state index < -0.39 is 12.8 Å². The number of ether oxygens (including phenoxy) is 1. The molecule has 2 aromatic rings. The van der Waals surface area contributed by atoms with Gasteiger partial charge in [0.1, 0.15) is 11.6 Å². The summed E-state index contributed by atoms with van der Waals surface area (Å²) in [6.45, 7) is 1.54. The first kappa shape index (κ1) is 22.5. The van der Waals surface area contributed by atoms with E-state index in [0.717, 1.165) is 0 Å². The zero-order valence-corrected chi connectivity index (χ0v) is 17.1. The van der Waals surface area contributed by atoms with E-state index in [1.807, 2.05) is 0 Å². The van der Waals surface area contributed by atoms with Gasteiger partial charge in [-0.3, -0.25) is 4.79 Å². The fourth-order valence-corrected chi connectivity index (χ4v) is 3.57. The largest absolute Gasteiger partial charge is 0.484 e. The van der Waals surface area contributed by atoms with Crippen LogP contribution in [0.15, 0.2) is 24.3 Å². The fourth-order valence-electron chi connectivity index (χ4n) is 3.57. The zero-order valence-electron chi connectivity index (χ0n) is 17.1. The number of hydrogen-bond donors (Lipinski definition) is 2. The van der Waals surface area contributed by atoms with Crippen molar-refractivity contribution in [1.82, 2.24) is 14.7 Å². The van der Waals surface area contributed by atoms with Crippen LogP contribution in [0.5, 0.6) is 5.75 Å². The van der Waals surface area contributed by atoms with Crippen molar-refractivity contribution >= 4 is 11.7 Å². The lowest BCUT2D eigenvalue weighted by Crippen LogP contribution is -2.38. The molecular formula is C21H24F3N5O2. The highest BCUT2D eigenvalue weighted by Crippen LogP contribution is 2.33. The van der Waals surface area contributed by atoms with Crippen molar-refractivity contribution in [2.45, 2.75) is 38.5 Å². The van der Waals surface area contributed by atoms with Gasteiger partial charge in [-0.2, -0.15) is 18.3 Å². The van der Waals surface area contributed by atoms with Crippen molar-refractivity contribution in [3.8, 4) is 28.8 Å². The highest BCUT2D eigenvalue weighted by atomic mass is 19.4. The number of alkyl halides is 3. The molecule has 0 saturated carbocycles. The van der Waals surface area contributed by atoms with Crippen LogP contribution in [0.4, 0.5) is 19.0 Å². The average molecular weight is 435 g/mol. The van der Waals surface area contributed by atoms with E-state index in [0.29, 0.717) is 48.6 Å². The number of nitrogens with two attached hydrogens (primary N) is 2. The number of halogens is 3. The summed E-state index contributed by atoms with van der Waals surface area (Å²) in [5.41, 5.74) is 14.1. The molecule has 0 radical (unpaired) electrons. The normalized spacial score (nSPS) is 14.8. The number of anilines is 1. The van der Waals surface area contributed by atoms with Crippen LogP contribution in [0, 0.1) is 11.8 Å². The van der Waals surface area contributed by atoms with Crippen molar-refractivity contribution < 1.29 is 22.7 Å². The molecule has 166 valence electrons. The summed E-state index contributed by atoms with van der Waals surface area (Å²) in [7, 11) is 0. The topological polar surface area (TPSA) is 99.4 Å². The van der Waals surface area contributed by atoms with Gasteiger partial charge in [0.2, 0.25) is 0 Å². The Kier molecular flexibility index (Phi) is 6.75. The first-order valence-electron chi connectivity index (χ1n) is 9.82. The molecule has 0 atom stereocenters. The van der Waals surface area contributed by atoms with E-state index in [1.54, 1.807) is 28.6 Å². The molecule has 0 unspecified atom stereocenters. The molecule has 1 aromatic carbocycles. The zero-order chi connectivity index (χ0) is 22.6. The molecule has 10 heteroatoms. The Hall–Kier alpha value is -3.19. The molecule has 0 spiro atoms. The maximum Gasteiger partial charge on any atom is 0.422 e. The van der Waals surface area contributed by atoms with Crippen LogP contribution >= 0.6 is 0 Å². The minimum absolute atomic E-state index is 0.00655. The predicted molar refractivity (Wildman–Crippen MR) is 110 cm³/mol. The number of aromatic nitrogens is 2. The molecular weight excluding hydrogens is 411 g/mol. The van der Waals surface area contributed by atoms with Crippen molar-refractivity contribution in [1.29, 1.82) is 0 Å². The third kappa shape index (κ3) is 5.30. The number of nitrogens with zero attached hydrogens (tertiary/aromatic N) is 3. The molecule has 31 heavy (non-hydrogen) atoms. The van der Waals surface area contributed by atoms with Crippen LogP contribution in [0.2, 0.25) is 0 Å². The second-order valence-electron chi connectivity index (χ2n) is 7.19. The van der Waals surface area contributed by atoms with Gasteiger partial charge in [-0.15, -0.1) is 0 Å². The van der Waals surface area contributed by atoms with E-state index in [1.165, 1.54) is 12.1 Å². The first-order chi connectivity index (χ1) is 14.7. The van der Waals surface area contributed by atoms with Gasteiger partial charge in [-0.25, -0.2) is 4.68 Å². The van der Waals surface area contributed by atoms with Gasteiger partial charge in [0.15, 0.2) is 6.61 Å². The Labute approximate surface area is 178 Å². The highest BCUT2D eigenvalue weighted by Gasteiger charge is 2.29. The predicted octanol–water partition coefficient (Wildman–Crippen LogP) is 2.72. The smallest absolute Gasteiger partial charge is 0.422 e. The molecule has 1 aliphatic rings. The third-order valence-corrected chi connectivity index (χ3v) is 5.11. The van der Waals surface area contributed by atoms with Gasteiger partial charge in [0.25, 0.3) is 5.91 Å². The number of carbonyl (C=O) groups excluding carboxylic acids is 1. The number of piperidine rings is 1. The Bertz CT molecular complexity index is 981. The summed E-state index contributed by atoms with van der Waals surface area (Å²) in [4.78, 5) is 13.6. The average Bonchev–Trinajstić information content (AvgIpc) is 3.08. The van der Waals surface area contributed by atoms with Crippen LogP contribution < -0.4 is 16.2 Å². The molecule has 7 nitrogen and oxygen atoms in total. The van der Waals surface area contributed by atoms with E-state index in [2.05, 4.69) is 16.9 Å². The van der Waals surface area contributed by atoms with Gasteiger partial charge in [-0.1, -0.05) is 5.92 Å². The summed E-state index contributed by atoms with van der Waals surface area (Å²) in [6.07, 6.45) is -3.05. The van der Waals surface area contributed by atoms with Crippen LogP contribution in [0.1, 0.15) is 31.4 Å². The monoisotopic (exact) mass is 435 g/mol. The Balaban J connectivity index is 1.77. The van der Waals surface area contributed by atoms with Crippen molar-refractivity contribution in [3.05, 3.63) is 29.8 Å². The molecule has 1 aromatic heterocycles. The molecule has 0 aliphatic carbocycles. The lowest BCUT2D eigenvalue weighted by molar-refractivity contribution is -0.153. The standard InChI is InChI=1S/C21H24F3N5O2/c1-2-3-18(30)28-10-8-15(9-11-28)29-20(26)17(12-25)19(27-29)14-4-6-16(7-5-14)31-13-21(22,23)24/h4-7,15H,8-13,25-26H2,1H3. The second-order valence-corrected chi connectivity index (χ2v) is 7.19. The number of benzene rings is 1. The van der Waals surface area contributed by atoms with Crippen LogP contribution in [0.25, 0.3) is 11.3 Å². The van der Waals surface area contributed by atoms with Crippen molar-refractivity contribution in [3.63, 3.8) is 0 Å². The van der Waals surface area contributed by atoms with Crippen LogP contribution in [-0.4, -0.2) is 46.5 Å². The molecule has 2 heterocycles. The first-order valence-corrected chi connectivity index (χ1v) is 9.82. The molecule has 0 bridgehead atoms. The molecule has 1 amide bonds. The van der Waals surface area contributed by atoms with Crippen molar-refractivity contribution in [2.24, 2.45) is 5.73 Å². The Morgan fingerprint density at radius 3 is 2.45 bits per heavy atom. The highest BCUT2D eigenvalue weighted by molar-refractivity contribution is 5.93. The summed E-state index contributed by atoms with van der Waals surface area (Å²) in [5, 5.41) is 4.66. The number of rotatable bonds is 5. The SMILES string of the molecule is CC#CC(=O)N1CCC(n2nc(-c3ccc(OCC(F)(F)F)cc3)c(CN)c2N)CC1. The Morgan fingerprint density at radius 1 is 1.26 bits per heavy atom.